The molecule has 4 aromatic rings. The number of hydrogen-bond donors (Lipinski definition) is 1. The number of para-hydroxylation sites is 1. The summed E-state index contributed by atoms with van der Waals surface area (Å²) in [4.78, 5) is 32.0. The maximum Gasteiger partial charge on any atom is 0.296 e. The topological polar surface area (TPSA) is 70.5 Å². The lowest BCUT2D eigenvalue weighted by Crippen LogP contribution is -2.31. The van der Waals surface area contributed by atoms with E-state index >= 15 is 0 Å². The fourth-order valence-corrected chi connectivity index (χ4v) is 4.75. The molecular weight excluding hydrogens is 434 g/mol. The van der Waals surface area contributed by atoms with Gasteiger partial charge in [0.2, 0.25) is 0 Å². The van der Waals surface area contributed by atoms with Crippen molar-refractivity contribution in [2.24, 2.45) is 0 Å². The van der Waals surface area contributed by atoms with Crippen LogP contribution in [0.2, 0.25) is 0 Å². The molecule has 1 aromatic heterocycles. The lowest BCUT2D eigenvalue weighted by atomic mass is 9.92. The van der Waals surface area contributed by atoms with Crippen molar-refractivity contribution in [2.45, 2.75) is 6.04 Å². The molecular formula is C24H14F2N2O3S. The number of amides is 1. The Morgan fingerprint density at radius 1 is 1.00 bits per heavy atom. The van der Waals surface area contributed by atoms with Crippen molar-refractivity contribution in [3.05, 3.63) is 107 Å². The molecule has 0 saturated carbocycles. The average Bonchev–Trinajstić information content (AvgIpc) is 3.32. The first-order valence-corrected chi connectivity index (χ1v) is 10.4. The minimum atomic E-state index is -1.31. The van der Waals surface area contributed by atoms with Crippen molar-refractivity contribution in [1.82, 2.24) is 4.98 Å². The van der Waals surface area contributed by atoms with E-state index in [4.69, 9.17) is 0 Å². The van der Waals surface area contributed by atoms with Gasteiger partial charge in [-0.1, -0.05) is 59.9 Å². The summed E-state index contributed by atoms with van der Waals surface area (Å²) in [6, 6.07) is 16.8. The molecule has 1 atom stereocenters. The van der Waals surface area contributed by atoms with Gasteiger partial charge in [0.05, 0.1) is 15.8 Å². The van der Waals surface area contributed by atoms with E-state index in [9.17, 15) is 23.5 Å². The van der Waals surface area contributed by atoms with Crippen molar-refractivity contribution in [3.8, 4) is 0 Å². The molecule has 158 valence electrons. The number of anilines is 1. The number of rotatable bonds is 4. The molecule has 1 aliphatic heterocycles. The molecule has 1 aliphatic rings. The van der Waals surface area contributed by atoms with Gasteiger partial charge >= 0.3 is 0 Å². The van der Waals surface area contributed by atoms with Gasteiger partial charge in [0, 0.05) is 17.2 Å². The van der Waals surface area contributed by atoms with Crippen LogP contribution in [0.25, 0.3) is 10.2 Å². The Bertz CT molecular complexity index is 1380. The highest BCUT2D eigenvalue weighted by atomic mass is 32.1. The van der Waals surface area contributed by atoms with Gasteiger partial charge < -0.3 is 5.11 Å². The van der Waals surface area contributed by atoms with E-state index in [1.165, 1.54) is 29.5 Å². The maximum absolute atomic E-state index is 14.9. The number of aromatic nitrogens is 1. The number of hydrogen-bond acceptors (Lipinski definition) is 5. The molecule has 32 heavy (non-hydrogen) atoms. The second kappa shape index (κ2) is 7.65. The first-order chi connectivity index (χ1) is 15.5. The van der Waals surface area contributed by atoms with Gasteiger partial charge in [-0.05, 0) is 18.2 Å². The number of benzene rings is 3. The van der Waals surface area contributed by atoms with Gasteiger partial charge in [-0.2, -0.15) is 0 Å². The molecule has 2 heterocycles. The molecule has 1 amide bonds. The first-order valence-electron chi connectivity index (χ1n) is 9.62. The lowest BCUT2D eigenvalue weighted by molar-refractivity contribution is -0.117. The SMILES string of the molecule is O=C(C1=C(O)C(=O)N(c2nc3ccccc3s2)C1c1ccc(F)cc1F)c1ccccc1. The second-order valence-electron chi connectivity index (χ2n) is 7.17. The van der Waals surface area contributed by atoms with Gasteiger partial charge in [0.15, 0.2) is 16.7 Å². The van der Waals surface area contributed by atoms with Crippen molar-refractivity contribution in [1.29, 1.82) is 0 Å². The fourth-order valence-electron chi connectivity index (χ4n) is 3.76. The Morgan fingerprint density at radius 3 is 2.44 bits per heavy atom. The Balaban J connectivity index is 1.71. The quantitative estimate of drug-likeness (QED) is 0.427. The number of Topliss-reactive ketones (excluding diaryl/α,β-unsaturated/α-hetero) is 1. The zero-order chi connectivity index (χ0) is 22.4. The number of aliphatic hydroxyl groups excluding tert-OH is 1. The highest BCUT2D eigenvalue weighted by molar-refractivity contribution is 7.22. The van der Waals surface area contributed by atoms with Gasteiger partial charge in [-0.15, -0.1) is 0 Å². The summed E-state index contributed by atoms with van der Waals surface area (Å²) in [5.74, 6) is -4.04. The van der Waals surface area contributed by atoms with Crippen molar-refractivity contribution in [2.75, 3.05) is 4.90 Å². The Kier molecular flexibility index (Phi) is 4.79. The first kappa shape index (κ1) is 20.0. The van der Waals surface area contributed by atoms with Gasteiger partial charge in [0.1, 0.15) is 17.7 Å². The van der Waals surface area contributed by atoms with Crippen LogP contribution >= 0.6 is 11.3 Å². The molecule has 3 aromatic carbocycles. The molecule has 1 N–H and O–H groups in total. The van der Waals surface area contributed by atoms with E-state index in [2.05, 4.69) is 4.98 Å². The van der Waals surface area contributed by atoms with E-state index in [1.54, 1.807) is 30.3 Å². The summed E-state index contributed by atoms with van der Waals surface area (Å²) >= 11 is 1.17. The third kappa shape index (κ3) is 3.16. The molecule has 5 rings (SSSR count). The maximum atomic E-state index is 14.9. The van der Waals surface area contributed by atoms with Gasteiger partial charge in [-0.3, -0.25) is 14.5 Å². The van der Waals surface area contributed by atoms with E-state index < -0.39 is 35.1 Å². The number of carbonyl (C=O) groups is 2. The van der Waals surface area contributed by atoms with Crippen LogP contribution in [-0.4, -0.2) is 21.8 Å². The largest absolute Gasteiger partial charge is 0.503 e. The van der Waals surface area contributed by atoms with E-state index in [-0.39, 0.29) is 21.8 Å². The third-order valence-corrected chi connectivity index (χ3v) is 6.27. The third-order valence-electron chi connectivity index (χ3n) is 5.23. The molecule has 0 bridgehead atoms. The summed E-state index contributed by atoms with van der Waals surface area (Å²) in [5, 5.41) is 10.9. The standard InChI is InChI=1S/C24H14F2N2O3S/c25-14-10-11-15(16(26)12-14)20-19(21(29)13-6-2-1-3-7-13)22(30)23(31)28(20)24-27-17-8-4-5-9-18(17)32-24/h1-12,20,30H. The van der Waals surface area contributed by atoms with Crippen LogP contribution in [0.3, 0.4) is 0 Å². The Morgan fingerprint density at radius 2 is 1.72 bits per heavy atom. The Hall–Kier alpha value is -3.91. The molecule has 0 saturated heterocycles. The number of thiazole rings is 1. The predicted octanol–water partition coefficient (Wildman–Crippen LogP) is 5.36. The monoisotopic (exact) mass is 448 g/mol. The molecule has 0 aliphatic carbocycles. The summed E-state index contributed by atoms with van der Waals surface area (Å²) < 4.78 is 29.3. The highest BCUT2D eigenvalue weighted by Gasteiger charge is 2.46. The van der Waals surface area contributed by atoms with Crippen LogP contribution in [0.5, 0.6) is 0 Å². The minimum Gasteiger partial charge on any atom is -0.503 e. The zero-order valence-electron chi connectivity index (χ0n) is 16.3. The summed E-state index contributed by atoms with van der Waals surface area (Å²) in [5.41, 5.74) is 0.426. The van der Waals surface area contributed by atoms with E-state index in [0.717, 1.165) is 15.7 Å². The number of carbonyl (C=O) groups excluding carboxylic acids is 2. The molecule has 0 radical (unpaired) electrons. The van der Waals surface area contributed by atoms with Crippen molar-refractivity contribution >= 4 is 38.4 Å². The molecule has 8 heteroatoms. The highest BCUT2D eigenvalue weighted by Crippen LogP contribution is 2.44. The normalized spacial score (nSPS) is 16.2. The summed E-state index contributed by atoms with van der Waals surface area (Å²) in [6.07, 6.45) is 0. The fraction of sp³-hybridized carbons (Fsp3) is 0.0417. The van der Waals surface area contributed by atoms with E-state index in [1.807, 2.05) is 12.1 Å². The summed E-state index contributed by atoms with van der Waals surface area (Å²) in [7, 11) is 0. The molecule has 5 nitrogen and oxygen atoms in total. The number of fused-ring (bicyclic) bond motifs is 1. The van der Waals surface area contributed by atoms with Gasteiger partial charge in [-0.25, -0.2) is 13.8 Å². The molecule has 1 unspecified atom stereocenters. The smallest absolute Gasteiger partial charge is 0.296 e. The van der Waals surface area contributed by atoms with Gasteiger partial charge in [0.25, 0.3) is 5.91 Å². The average molecular weight is 448 g/mol. The zero-order valence-corrected chi connectivity index (χ0v) is 17.1. The van der Waals surface area contributed by atoms with Crippen LogP contribution in [0.15, 0.2) is 84.1 Å². The van der Waals surface area contributed by atoms with E-state index in [0.29, 0.717) is 11.6 Å². The van der Waals surface area contributed by atoms with Crippen LogP contribution in [0, 0.1) is 11.6 Å². The minimum absolute atomic E-state index is 0.123. The lowest BCUT2D eigenvalue weighted by Gasteiger charge is -2.24. The number of aliphatic hydroxyl groups is 1. The number of ketones is 1. The molecule has 0 spiro atoms. The van der Waals surface area contributed by atoms with Crippen LogP contribution in [-0.2, 0) is 4.79 Å². The Labute approximate surface area is 184 Å². The number of halogens is 2. The van der Waals surface area contributed by atoms with Crippen molar-refractivity contribution in [3.63, 3.8) is 0 Å². The van der Waals surface area contributed by atoms with Crippen molar-refractivity contribution < 1.29 is 23.5 Å². The van der Waals surface area contributed by atoms with Crippen LogP contribution < -0.4 is 4.90 Å². The predicted molar refractivity (Wildman–Crippen MR) is 117 cm³/mol. The van der Waals surface area contributed by atoms with Crippen LogP contribution in [0.4, 0.5) is 13.9 Å². The second-order valence-corrected chi connectivity index (χ2v) is 8.17. The number of nitrogens with zero attached hydrogens (tertiary/aromatic N) is 2. The molecule has 0 fully saturated rings. The summed E-state index contributed by atoms with van der Waals surface area (Å²) in [6.45, 7) is 0. The van der Waals surface area contributed by atoms with Crippen LogP contribution in [0.1, 0.15) is 22.0 Å².